The first-order chi connectivity index (χ1) is 7.79. The third-order valence-electron chi connectivity index (χ3n) is 2.78. The molecule has 1 saturated heterocycles. The lowest BCUT2D eigenvalue weighted by molar-refractivity contribution is 0.0657. The molecule has 0 aromatic carbocycles. The summed E-state index contributed by atoms with van der Waals surface area (Å²) in [4.78, 5) is 10.9. The zero-order valence-corrected chi connectivity index (χ0v) is 10.3. The summed E-state index contributed by atoms with van der Waals surface area (Å²) in [5, 5.41) is 10.6. The second-order valence-electron chi connectivity index (χ2n) is 4.04. The molecule has 0 aliphatic carbocycles. The van der Waals surface area contributed by atoms with Gasteiger partial charge in [-0.2, -0.15) is 0 Å². The van der Waals surface area contributed by atoms with E-state index in [1.165, 1.54) is 0 Å². The number of thioether (sulfide) groups is 1. The highest BCUT2D eigenvalue weighted by molar-refractivity contribution is 7.98. The first-order valence-electron chi connectivity index (χ1n) is 5.54. The Bertz CT molecular complexity index is 348. The van der Waals surface area contributed by atoms with Gasteiger partial charge in [0.15, 0.2) is 0 Å². The van der Waals surface area contributed by atoms with E-state index < -0.39 is 0 Å². The van der Waals surface area contributed by atoms with E-state index in [2.05, 4.69) is 14.9 Å². The zero-order valence-electron chi connectivity index (χ0n) is 9.46. The minimum absolute atomic E-state index is 0.178. The Balaban J connectivity index is 2.02. The van der Waals surface area contributed by atoms with E-state index in [9.17, 15) is 5.11 Å². The lowest BCUT2D eigenvalue weighted by Gasteiger charge is -2.29. The Morgan fingerprint density at radius 2 is 2.31 bits per heavy atom. The summed E-state index contributed by atoms with van der Waals surface area (Å²) >= 11 is 1.62. The van der Waals surface area contributed by atoms with Gasteiger partial charge >= 0.3 is 0 Å². The summed E-state index contributed by atoms with van der Waals surface area (Å²) in [5.74, 6) is 0. The number of β-amino-alcohol motifs (C(OH)–C–C–N with tert-alkyl or cyclic N) is 1. The molecule has 0 spiro atoms. The van der Waals surface area contributed by atoms with Crippen molar-refractivity contribution in [1.82, 2.24) is 14.9 Å². The van der Waals surface area contributed by atoms with Crippen molar-refractivity contribution in [2.24, 2.45) is 0 Å². The number of piperidine rings is 1. The molecule has 1 fully saturated rings. The lowest BCUT2D eigenvalue weighted by atomic mass is 10.1. The molecule has 1 aromatic heterocycles. The first kappa shape index (κ1) is 11.8. The molecule has 1 aromatic rings. The Morgan fingerprint density at radius 3 is 3.06 bits per heavy atom. The van der Waals surface area contributed by atoms with Crippen LogP contribution in [0.1, 0.15) is 18.5 Å². The Hall–Kier alpha value is -0.650. The fourth-order valence-electron chi connectivity index (χ4n) is 2.02. The summed E-state index contributed by atoms with van der Waals surface area (Å²) < 4.78 is 0. The Kier molecular flexibility index (Phi) is 4.15. The topological polar surface area (TPSA) is 49.2 Å². The molecule has 0 amide bonds. The molecular weight excluding hydrogens is 222 g/mol. The average molecular weight is 239 g/mol. The second-order valence-corrected chi connectivity index (χ2v) is 4.84. The maximum absolute atomic E-state index is 9.60. The fourth-order valence-corrected chi connectivity index (χ4v) is 2.54. The van der Waals surface area contributed by atoms with Gasteiger partial charge in [0, 0.05) is 25.5 Å². The van der Waals surface area contributed by atoms with E-state index in [1.54, 1.807) is 24.2 Å². The Labute approximate surface area is 100 Å². The van der Waals surface area contributed by atoms with Gasteiger partial charge in [-0.3, -0.25) is 9.88 Å². The molecule has 0 bridgehead atoms. The van der Waals surface area contributed by atoms with Crippen molar-refractivity contribution < 1.29 is 5.11 Å². The number of likely N-dealkylation sites (tertiary alicyclic amines) is 1. The van der Waals surface area contributed by atoms with E-state index in [0.29, 0.717) is 0 Å². The van der Waals surface area contributed by atoms with Crippen molar-refractivity contribution in [2.45, 2.75) is 30.5 Å². The van der Waals surface area contributed by atoms with E-state index >= 15 is 0 Å². The Morgan fingerprint density at radius 1 is 1.50 bits per heavy atom. The number of nitrogens with zero attached hydrogens (tertiary/aromatic N) is 3. The molecule has 5 heteroatoms. The minimum Gasteiger partial charge on any atom is -0.392 e. The molecular formula is C11H17N3OS. The van der Waals surface area contributed by atoms with Crippen LogP contribution < -0.4 is 0 Å². The van der Waals surface area contributed by atoms with Crippen molar-refractivity contribution in [2.75, 3.05) is 19.3 Å². The first-order valence-corrected chi connectivity index (χ1v) is 6.76. The van der Waals surface area contributed by atoms with Gasteiger partial charge in [-0.15, -0.1) is 11.8 Å². The van der Waals surface area contributed by atoms with Gasteiger partial charge in [0.2, 0.25) is 0 Å². The van der Waals surface area contributed by atoms with Crippen LogP contribution in [0.5, 0.6) is 0 Å². The normalized spacial score (nSPS) is 22.2. The van der Waals surface area contributed by atoms with Gasteiger partial charge in [-0.05, 0) is 25.6 Å². The maximum Gasteiger partial charge on any atom is 0.119 e. The predicted octanol–water partition coefficient (Wildman–Crippen LogP) is 1.16. The third-order valence-corrected chi connectivity index (χ3v) is 3.51. The van der Waals surface area contributed by atoms with Crippen molar-refractivity contribution in [3.05, 3.63) is 18.1 Å². The molecule has 0 saturated carbocycles. The van der Waals surface area contributed by atoms with E-state index in [1.807, 2.05) is 6.26 Å². The van der Waals surface area contributed by atoms with E-state index in [4.69, 9.17) is 0 Å². The number of aliphatic hydroxyl groups is 1. The monoisotopic (exact) mass is 239 g/mol. The molecule has 1 aliphatic heterocycles. The summed E-state index contributed by atoms with van der Waals surface area (Å²) in [7, 11) is 0. The van der Waals surface area contributed by atoms with Crippen LogP contribution in [-0.4, -0.2) is 45.4 Å². The fraction of sp³-hybridized carbons (Fsp3) is 0.636. The summed E-state index contributed by atoms with van der Waals surface area (Å²) in [6.45, 7) is 2.59. The van der Waals surface area contributed by atoms with Crippen molar-refractivity contribution in [3.63, 3.8) is 0 Å². The van der Waals surface area contributed by atoms with E-state index in [0.717, 1.165) is 43.2 Å². The highest BCUT2D eigenvalue weighted by atomic mass is 32.2. The number of hydrogen-bond donors (Lipinski definition) is 1. The van der Waals surface area contributed by atoms with Crippen LogP contribution in [-0.2, 0) is 6.54 Å². The number of aromatic nitrogens is 2. The highest BCUT2D eigenvalue weighted by Gasteiger charge is 2.19. The van der Waals surface area contributed by atoms with Crippen LogP contribution in [0, 0.1) is 0 Å². The summed E-state index contributed by atoms with van der Waals surface area (Å²) in [5.41, 5.74) is 1.02. The molecule has 2 rings (SSSR count). The molecule has 16 heavy (non-hydrogen) atoms. The molecule has 1 atom stereocenters. The van der Waals surface area contributed by atoms with E-state index in [-0.39, 0.29) is 6.10 Å². The third kappa shape index (κ3) is 2.93. The van der Waals surface area contributed by atoms with Crippen LogP contribution in [0.4, 0.5) is 0 Å². The maximum atomic E-state index is 9.60. The molecule has 1 aliphatic rings. The molecule has 0 radical (unpaired) electrons. The van der Waals surface area contributed by atoms with Crippen LogP contribution in [0.3, 0.4) is 0 Å². The van der Waals surface area contributed by atoms with Crippen molar-refractivity contribution in [1.29, 1.82) is 0 Å². The average Bonchev–Trinajstić information content (AvgIpc) is 2.30. The van der Waals surface area contributed by atoms with Gasteiger partial charge in [0.1, 0.15) is 5.03 Å². The van der Waals surface area contributed by atoms with Crippen LogP contribution in [0.15, 0.2) is 17.4 Å². The largest absolute Gasteiger partial charge is 0.392 e. The smallest absolute Gasteiger partial charge is 0.119 e. The zero-order chi connectivity index (χ0) is 11.4. The number of rotatable bonds is 3. The van der Waals surface area contributed by atoms with Crippen LogP contribution in [0.2, 0.25) is 0 Å². The molecule has 2 heterocycles. The quantitative estimate of drug-likeness (QED) is 0.802. The van der Waals surface area contributed by atoms with Crippen molar-refractivity contribution >= 4 is 11.8 Å². The lowest BCUT2D eigenvalue weighted by Crippen LogP contribution is -2.38. The second kappa shape index (κ2) is 5.61. The van der Waals surface area contributed by atoms with Gasteiger partial charge in [-0.25, -0.2) is 4.98 Å². The number of aliphatic hydroxyl groups excluding tert-OH is 1. The standard InChI is InChI=1S/C11H17N3OS/c1-16-11-10(12-4-5-13-11)8-14-6-2-3-9(15)7-14/h4-5,9,15H,2-3,6-8H2,1H3/t9-/m1/s1. The minimum atomic E-state index is -0.178. The highest BCUT2D eigenvalue weighted by Crippen LogP contribution is 2.18. The predicted molar refractivity (Wildman–Crippen MR) is 64.3 cm³/mol. The van der Waals surface area contributed by atoms with Gasteiger partial charge in [-0.1, -0.05) is 0 Å². The summed E-state index contributed by atoms with van der Waals surface area (Å²) in [6, 6.07) is 0. The van der Waals surface area contributed by atoms with Gasteiger partial charge in [0.25, 0.3) is 0 Å². The van der Waals surface area contributed by atoms with Crippen LogP contribution >= 0.6 is 11.8 Å². The van der Waals surface area contributed by atoms with Crippen LogP contribution in [0.25, 0.3) is 0 Å². The SMILES string of the molecule is CSc1nccnc1CN1CCC[C@@H](O)C1. The molecule has 1 N–H and O–H groups in total. The molecule has 88 valence electrons. The summed E-state index contributed by atoms with van der Waals surface area (Å²) in [6.07, 6.45) is 7.28. The van der Waals surface area contributed by atoms with Gasteiger partial charge in [0.05, 0.1) is 11.8 Å². The number of hydrogen-bond acceptors (Lipinski definition) is 5. The molecule has 0 unspecified atom stereocenters. The van der Waals surface area contributed by atoms with Crippen molar-refractivity contribution in [3.8, 4) is 0 Å². The molecule has 4 nitrogen and oxygen atoms in total. The van der Waals surface area contributed by atoms with Gasteiger partial charge < -0.3 is 5.11 Å².